The van der Waals surface area contributed by atoms with E-state index in [1.165, 1.54) is 33.8 Å². The molecule has 0 spiro atoms. The fourth-order valence-corrected chi connectivity index (χ4v) is 4.97. The lowest BCUT2D eigenvalue weighted by Crippen LogP contribution is -2.40. The molecule has 1 aliphatic heterocycles. The van der Waals surface area contributed by atoms with Crippen LogP contribution in [0.15, 0.2) is 58.3 Å². The minimum atomic E-state index is -3.51. The number of ether oxygens (including phenoxy) is 2. The third-order valence-electron chi connectivity index (χ3n) is 4.52. The van der Waals surface area contributed by atoms with Crippen LogP contribution in [0.1, 0.15) is 5.56 Å². The molecular formula is C21H26N2O5S2. The molecule has 0 atom stereocenters. The highest BCUT2D eigenvalue weighted by atomic mass is 32.2. The summed E-state index contributed by atoms with van der Waals surface area (Å²) in [5.41, 5.74) is 1.19. The van der Waals surface area contributed by atoms with Crippen molar-refractivity contribution in [2.24, 2.45) is 0 Å². The van der Waals surface area contributed by atoms with E-state index < -0.39 is 10.0 Å². The van der Waals surface area contributed by atoms with E-state index in [1.54, 1.807) is 12.1 Å². The summed E-state index contributed by atoms with van der Waals surface area (Å²) >= 11 is 1.49. The van der Waals surface area contributed by atoms with E-state index in [0.29, 0.717) is 51.0 Å². The lowest BCUT2D eigenvalue weighted by molar-refractivity contribution is -0.118. The monoisotopic (exact) mass is 450 g/mol. The van der Waals surface area contributed by atoms with Crippen LogP contribution in [0.2, 0.25) is 0 Å². The van der Waals surface area contributed by atoms with E-state index in [4.69, 9.17) is 9.47 Å². The van der Waals surface area contributed by atoms with Crippen LogP contribution < -0.4 is 10.1 Å². The van der Waals surface area contributed by atoms with Crippen LogP contribution >= 0.6 is 11.8 Å². The minimum absolute atomic E-state index is 0.0591. The first-order valence-corrected chi connectivity index (χ1v) is 12.1. The Balaban J connectivity index is 1.38. The molecule has 1 N–H and O–H groups in total. The van der Waals surface area contributed by atoms with Gasteiger partial charge in [0.1, 0.15) is 12.4 Å². The average molecular weight is 451 g/mol. The fraction of sp³-hybridized carbons (Fsp3) is 0.381. The molecule has 7 nitrogen and oxygen atoms in total. The Morgan fingerprint density at radius 3 is 2.43 bits per heavy atom. The van der Waals surface area contributed by atoms with E-state index in [9.17, 15) is 13.2 Å². The Bertz CT molecular complexity index is 925. The smallest absolute Gasteiger partial charge is 0.243 e. The van der Waals surface area contributed by atoms with Crippen molar-refractivity contribution in [3.05, 3.63) is 54.1 Å². The quantitative estimate of drug-likeness (QED) is 0.466. The number of amides is 1. The van der Waals surface area contributed by atoms with Crippen molar-refractivity contribution >= 4 is 27.7 Å². The van der Waals surface area contributed by atoms with E-state index in [-0.39, 0.29) is 10.8 Å². The number of morpholine rings is 1. The van der Waals surface area contributed by atoms with Gasteiger partial charge in [0.2, 0.25) is 15.9 Å². The van der Waals surface area contributed by atoms with Crippen molar-refractivity contribution in [3.63, 3.8) is 0 Å². The molecule has 1 amide bonds. The Morgan fingerprint density at radius 2 is 1.77 bits per heavy atom. The van der Waals surface area contributed by atoms with Crippen LogP contribution in [0.5, 0.6) is 5.75 Å². The summed E-state index contributed by atoms with van der Waals surface area (Å²) in [7, 11) is -3.51. The number of nitrogens with zero attached hydrogens (tertiary/aromatic N) is 1. The SMILES string of the molecule is Cc1ccc(SCC(=O)NCCOc2ccc(S(=O)(=O)N3CCOCC3)cc2)cc1. The summed E-state index contributed by atoms with van der Waals surface area (Å²) in [6.45, 7) is 4.26. The van der Waals surface area contributed by atoms with Crippen LogP contribution in [0, 0.1) is 6.92 Å². The molecule has 2 aromatic rings. The maximum absolute atomic E-state index is 12.6. The zero-order valence-electron chi connectivity index (χ0n) is 16.9. The van der Waals surface area contributed by atoms with Gasteiger partial charge in [-0.3, -0.25) is 4.79 Å². The van der Waals surface area contributed by atoms with Gasteiger partial charge in [-0.05, 0) is 43.3 Å². The molecular weight excluding hydrogens is 424 g/mol. The molecule has 1 saturated heterocycles. The number of aryl methyl sites for hydroxylation is 1. The van der Waals surface area contributed by atoms with Crippen molar-refractivity contribution in [1.82, 2.24) is 9.62 Å². The highest BCUT2D eigenvalue weighted by molar-refractivity contribution is 8.00. The second kappa shape index (κ2) is 10.8. The lowest BCUT2D eigenvalue weighted by Gasteiger charge is -2.26. The molecule has 1 aliphatic rings. The largest absolute Gasteiger partial charge is 0.492 e. The number of hydrogen-bond donors (Lipinski definition) is 1. The number of sulfonamides is 1. The van der Waals surface area contributed by atoms with Crippen molar-refractivity contribution < 1.29 is 22.7 Å². The fourth-order valence-electron chi connectivity index (χ4n) is 2.84. The number of nitrogens with one attached hydrogen (secondary N) is 1. The molecule has 0 radical (unpaired) electrons. The van der Waals surface area contributed by atoms with Gasteiger partial charge < -0.3 is 14.8 Å². The van der Waals surface area contributed by atoms with Gasteiger partial charge in [-0.1, -0.05) is 17.7 Å². The molecule has 0 aromatic heterocycles. The molecule has 3 rings (SSSR count). The zero-order chi connectivity index (χ0) is 21.4. The molecule has 2 aromatic carbocycles. The third-order valence-corrected chi connectivity index (χ3v) is 7.44. The molecule has 162 valence electrons. The topological polar surface area (TPSA) is 84.9 Å². The lowest BCUT2D eigenvalue weighted by atomic mass is 10.2. The molecule has 0 aliphatic carbocycles. The van der Waals surface area contributed by atoms with Crippen LogP contribution in [0.3, 0.4) is 0 Å². The van der Waals surface area contributed by atoms with Crippen molar-refractivity contribution in [1.29, 1.82) is 0 Å². The first kappa shape index (κ1) is 22.6. The van der Waals surface area contributed by atoms with E-state index >= 15 is 0 Å². The summed E-state index contributed by atoms with van der Waals surface area (Å²) in [6.07, 6.45) is 0. The van der Waals surface area contributed by atoms with E-state index in [1.807, 2.05) is 31.2 Å². The van der Waals surface area contributed by atoms with Crippen molar-refractivity contribution in [2.45, 2.75) is 16.7 Å². The number of carbonyl (C=O) groups is 1. The third kappa shape index (κ3) is 6.46. The normalized spacial score (nSPS) is 15.0. The van der Waals surface area contributed by atoms with Gasteiger partial charge >= 0.3 is 0 Å². The summed E-state index contributed by atoms with van der Waals surface area (Å²) < 4.78 is 37.4. The van der Waals surface area contributed by atoms with Gasteiger partial charge in [0.15, 0.2) is 0 Å². The number of carbonyl (C=O) groups excluding carboxylic acids is 1. The molecule has 0 bridgehead atoms. The minimum Gasteiger partial charge on any atom is -0.492 e. The van der Waals surface area contributed by atoms with E-state index in [2.05, 4.69) is 5.32 Å². The Hall–Kier alpha value is -2.07. The Kier molecular flexibility index (Phi) is 8.15. The number of rotatable bonds is 9. The number of thioether (sulfide) groups is 1. The summed E-state index contributed by atoms with van der Waals surface area (Å²) in [5, 5.41) is 2.81. The van der Waals surface area contributed by atoms with Crippen molar-refractivity contribution in [2.75, 3.05) is 45.2 Å². The Labute approximate surface area is 181 Å². The maximum Gasteiger partial charge on any atom is 0.243 e. The maximum atomic E-state index is 12.6. The predicted molar refractivity (Wildman–Crippen MR) is 116 cm³/mol. The summed E-state index contributed by atoms with van der Waals surface area (Å²) in [6, 6.07) is 14.4. The summed E-state index contributed by atoms with van der Waals surface area (Å²) in [4.78, 5) is 13.2. The Morgan fingerprint density at radius 1 is 1.10 bits per heavy atom. The second-order valence-electron chi connectivity index (χ2n) is 6.79. The van der Waals surface area contributed by atoms with Crippen LogP contribution in [0.4, 0.5) is 0 Å². The average Bonchev–Trinajstić information content (AvgIpc) is 2.77. The van der Waals surface area contributed by atoms with E-state index in [0.717, 1.165) is 4.90 Å². The van der Waals surface area contributed by atoms with Crippen LogP contribution in [-0.4, -0.2) is 63.8 Å². The van der Waals surface area contributed by atoms with Gasteiger partial charge in [-0.2, -0.15) is 4.31 Å². The molecule has 1 heterocycles. The highest BCUT2D eigenvalue weighted by Crippen LogP contribution is 2.20. The predicted octanol–water partition coefficient (Wildman–Crippen LogP) is 2.30. The number of hydrogen-bond acceptors (Lipinski definition) is 6. The molecule has 1 fully saturated rings. The molecule has 30 heavy (non-hydrogen) atoms. The van der Waals surface area contributed by atoms with Gasteiger partial charge in [-0.15, -0.1) is 11.8 Å². The van der Waals surface area contributed by atoms with Crippen molar-refractivity contribution in [3.8, 4) is 5.75 Å². The van der Waals surface area contributed by atoms with Gasteiger partial charge in [0, 0.05) is 18.0 Å². The van der Waals surface area contributed by atoms with Crippen LogP contribution in [-0.2, 0) is 19.6 Å². The first-order valence-electron chi connectivity index (χ1n) is 9.72. The van der Waals surface area contributed by atoms with Gasteiger partial charge in [0.05, 0.1) is 30.4 Å². The zero-order valence-corrected chi connectivity index (χ0v) is 18.5. The molecule has 9 heteroatoms. The van der Waals surface area contributed by atoms with Gasteiger partial charge in [-0.25, -0.2) is 8.42 Å². The van der Waals surface area contributed by atoms with Crippen LogP contribution in [0.25, 0.3) is 0 Å². The second-order valence-corrected chi connectivity index (χ2v) is 9.77. The highest BCUT2D eigenvalue weighted by Gasteiger charge is 2.26. The van der Waals surface area contributed by atoms with Gasteiger partial charge in [0.25, 0.3) is 0 Å². The number of benzene rings is 2. The first-order chi connectivity index (χ1) is 14.4. The molecule has 0 unspecified atom stereocenters. The standard InChI is InChI=1S/C21H26N2O5S2/c1-17-2-6-19(7-3-17)29-16-21(24)22-10-13-28-18-4-8-20(9-5-18)30(25,26)23-11-14-27-15-12-23/h2-9H,10-16H2,1H3,(H,22,24). The molecule has 0 saturated carbocycles. The summed E-state index contributed by atoms with van der Waals surface area (Å²) in [5.74, 6) is 0.840.